The van der Waals surface area contributed by atoms with Gasteiger partial charge >= 0.3 is 5.97 Å². The summed E-state index contributed by atoms with van der Waals surface area (Å²) in [6.45, 7) is 2.30. The molecule has 5 heteroatoms. The average Bonchev–Trinajstić information content (AvgIpc) is 2.67. The highest BCUT2D eigenvalue weighted by Gasteiger charge is 2.26. The first-order valence-corrected chi connectivity index (χ1v) is 5.28. The lowest BCUT2D eigenvalue weighted by atomic mass is 10.1. The van der Waals surface area contributed by atoms with Crippen molar-refractivity contribution >= 4 is 11.7 Å². The molecule has 0 spiro atoms. The maximum atomic E-state index is 11.2. The van der Waals surface area contributed by atoms with Crippen molar-refractivity contribution in [2.24, 2.45) is 5.16 Å². The number of rotatable bonds is 6. The van der Waals surface area contributed by atoms with E-state index in [0.29, 0.717) is 18.7 Å². The summed E-state index contributed by atoms with van der Waals surface area (Å²) in [6, 6.07) is 0. The standard InChI is InChI=1S/C10H17NO4/c1-2-14-10(13)9-7-8(15-11-9)5-3-4-6-12/h8,12H,2-7H2,1H3/t8-/m1/s1. The van der Waals surface area contributed by atoms with Crippen LogP contribution in [0.15, 0.2) is 5.16 Å². The van der Waals surface area contributed by atoms with Gasteiger partial charge in [-0.05, 0) is 26.2 Å². The maximum Gasteiger partial charge on any atom is 0.356 e. The van der Waals surface area contributed by atoms with Gasteiger partial charge < -0.3 is 14.7 Å². The molecule has 0 amide bonds. The fraction of sp³-hybridized carbons (Fsp3) is 0.800. The molecule has 0 aromatic rings. The number of hydrogen-bond acceptors (Lipinski definition) is 5. The Morgan fingerprint density at radius 1 is 1.67 bits per heavy atom. The van der Waals surface area contributed by atoms with Gasteiger partial charge in [-0.3, -0.25) is 0 Å². The number of hydrogen-bond donors (Lipinski definition) is 1. The highest BCUT2D eigenvalue weighted by Crippen LogP contribution is 2.17. The van der Waals surface area contributed by atoms with E-state index in [9.17, 15) is 4.79 Å². The van der Waals surface area contributed by atoms with Crippen molar-refractivity contribution in [1.82, 2.24) is 0 Å². The molecule has 0 saturated heterocycles. The van der Waals surface area contributed by atoms with Crippen molar-refractivity contribution in [3.05, 3.63) is 0 Å². The second-order valence-electron chi connectivity index (χ2n) is 3.41. The van der Waals surface area contributed by atoms with E-state index in [2.05, 4.69) is 5.16 Å². The summed E-state index contributed by atoms with van der Waals surface area (Å²) in [5.74, 6) is -0.387. The molecule has 1 rings (SSSR count). The summed E-state index contributed by atoms with van der Waals surface area (Å²) in [5, 5.41) is 12.3. The lowest BCUT2D eigenvalue weighted by Gasteiger charge is -2.06. The van der Waals surface area contributed by atoms with Crippen LogP contribution in [0, 0.1) is 0 Å². The third-order valence-electron chi connectivity index (χ3n) is 2.18. The minimum absolute atomic E-state index is 0.0315. The van der Waals surface area contributed by atoms with Gasteiger partial charge in [0.2, 0.25) is 0 Å². The number of ether oxygens (including phenoxy) is 1. The van der Waals surface area contributed by atoms with Gasteiger partial charge in [-0.1, -0.05) is 5.16 Å². The highest BCUT2D eigenvalue weighted by molar-refractivity contribution is 6.36. The summed E-state index contributed by atoms with van der Waals surface area (Å²) >= 11 is 0. The molecule has 0 aromatic carbocycles. The van der Waals surface area contributed by atoms with Crippen molar-refractivity contribution in [2.45, 2.75) is 38.7 Å². The van der Waals surface area contributed by atoms with Crippen LogP contribution in [-0.4, -0.2) is 36.1 Å². The molecular weight excluding hydrogens is 198 g/mol. The molecule has 1 aliphatic rings. The first-order valence-electron chi connectivity index (χ1n) is 5.28. The van der Waals surface area contributed by atoms with Gasteiger partial charge in [0, 0.05) is 13.0 Å². The molecule has 1 heterocycles. The number of aliphatic hydroxyl groups is 1. The number of unbranched alkanes of at least 4 members (excludes halogenated alkanes) is 1. The Bertz CT molecular complexity index is 240. The van der Waals surface area contributed by atoms with Crippen LogP contribution in [-0.2, 0) is 14.4 Å². The Balaban J connectivity index is 2.21. The molecule has 1 aliphatic heterocycles. The lowest BCUT2D eigenvalue weighted by Crippen LogP contribution is -2.18. The largest absolute Gasteiger partial charge is 0.461 e. The molecule has 5 nitrogen and oxygen atoms in total. The second kappa shape index (κ2) is 6.40. The fourth-order valence-electron chi connectivity index (χ4n) is 1.40. The molecule has 0 radical (unpaired) electrons. The van der Waals surface area contributed by atoms with Crippen molar-refractivity contribution < 1.29 is 19.5 Å². The molecule has 0 fully saturated rings. The molecule has 0 aromatic heterocycles. The van der Waals surface area contributed by atoms with Gasteiger partial charge in [-0.2, -0.15) is 0 Å². The van der Waals surface area contributed by atoms with Gasteiger partial charge in [0.05, 0.1) is 6.61 Å². The third kappa shape index (κ3) is 3.87. The van der Waals surface area contributed by atoms with E-state index in [1.807, 2.05) is 0 Å². The van der Waals surface area contributed by atoms with E-state index < -0.39 is 0 Å². The van der Waals surface area contributed by atoms with Crippen LogP contribution in [0.3, 0.4) is 0 Å². The van der Waals surface area contributed by atoms with Crippen LogP contribution in [0.25, 0.3) is 0 Å². The molecule has 1 atom stereocenters. The van der Waals surface area contributed by atoms with Crippen LogP contribution < -0.4 is 0 Å². The molecule has 0 bridgehead atoms. The topological polar surface area (TPSA) is 68.1 Å². The minimum Gasteiger partial charge on any atom is -0.461 e. The number of esters is 1. The zero-order chi connectivity index (χ0) is 11.1. The molecule has 0 saturated carbocycles. The highest BCUT2D eigenvalue weighted by atomic mass is 16.6. The quantitative estimate of drug-likeness (QED) is 0.527. The van der Waals surface area contributed by atoms with Crippen LogP contribution in [0.5, 0.6) is 0 Å². The number of oxime groups is 1. The SMILES string of the molecule is CCOC(=O)C1=NO[C@H](CCCCO)C1. The number of carbonyl (C=O) groups excluding carboxylic acids is 1. The summed E-state index contributed by atoms with van der Waals surface area (Å²) in [7, 11) is 0. The van der Waals surface area contributed by atoms with Crippen LogP contribution >= 0.6 is 0 Å². The smallest absolute Gasteiger partial charge is 0.356 e. The Hall–Kier alpha value is -1.10. The first-order chi connectivity index (χ1) is 7.27. The van der Waals surface area contributed by atoms with Gasteiger partial charge in [0.25, 0.3) is 0 Å². The summed E-state index contributed by atoms with van der Waals surface area (Å²) in [4.78, 5) is 16.3. The van der Waals surface area contributed by atoms with Crippen LogP contribution in [0.1, 0.15) is 32.6 Å². The van der Waals surface area contributed by atoms with E-state index in [4.69, 9.17) is 14.7 Å². The summed E-state index contributed by atoms with van der Waals surface area (Å²) < 4.78 is 4.81. The van der Waals surface area contributed by atoms with E-state index in [1.54, 1.807) is 6.92 Å². The molecule has 0 unspecified atom stereocenters. The normalized spacial score (nSPS) is 19.6. The predicted molar refractivity (Wildman–Crippen MR) is 54.5 cm³/mol. The Labute approximate surface area is 89.1 Å². The Morgan fingerprint density at radius 2 is 2.47 bits per heavy atom. The zero-order valence-corrected chi connectivity index (χ0v) is 8.94. The van der Waals surface area contributed by atoms with Crippen molar-refractivity contribution in [3.8, 4) is 0 Å². The van der Waals surface area contributed by atoms with Gasteiger partial charge in [0.15, 0.2) is 5.71 Å². The van der Waals surface area contributed by atoms with Gasteiger partial charge in [0.1, 0.15) is 6.10 Å². The minimum atomic E-state index is -0.387. The van der Waals surface area contributed by atoms with Crippen molar-refractivity contribution in [1.29, 1.82) is 0 Å². The average molecular weight is 215 g/mol. The van der Waals surface area contributed by atoms with Crippen LogP contribution in [0.4, 0.5) is 0 Å². The second-order valence-corrected chi connectivity index (χ2v) is 3.41. The summed E-state index contributed by atoms with van der Waals surface area (Å²) in [6.07, 6.45) is 2.94. The first kappa shape index (κ1) is 12.0. The van der Waals surface area contributed by atoms with Gasteiger partial charge in [-0.15, -0.1) is 0 Å². The zero-order valence-electron chi connectivity index (χ0n) is 8.94. The third-order valence-corrected chi connectivity index (χ3v) is 2.18. The predicted octanol–water partition coefficient (Wildman–Crippen LogP) is 0.857. The monoisotopic (exact) mass is 215 g/mol. The lowest BCUT2D eigenvalue weighted by molar-refractivity contribution is -0.135. The van der Waals surface area contributed by atoms with Crippen molar-refractivity contribution in [3.63, 3.8) is 0 Å². The molecule has 0 aliphatic carbocycles. The van der Waals surface area contributed by atoms with E-state index in [1.165, 1.54) is 0 Å². The summed E-state index contributed by atoms with van der Waals surface area (Å²) in [5.41, 5.74) is 0.367. The van der Waals surface area contributed by atoms with E-state index >= 15 is 0 Å². The van der Waals surface area contributed by atoms with Crippen molar-refractivity contribution in [2.75, 3.05) is 13.2 Å². The van der Waals surface area contributed by atoms with Crippen LogP contribution in [0.2, 0.25) is 0 Å². The Kier molecular flexibility index (Phi) is 5.10. The number of nitrogens with zero attached hydrogens (tertiary/aromatic N) is 1. The molecule has 86 valence electrons. The molecule has 1 N–H and O–H groups in total. The molecular formula is C10H17NO4. The Morgan fingerprint density at radius 3 is 3.13 bits per heavy atom. The van der Waals surface area contributed by atoms with E-state index in [-0.39, 0.29) is 18.7 Å². The van der Waals surface area contributed by atoms with Gasteiger partial charge in [-0.25, -0.2) is 4.79 Å². The van der Waals surface area contributed by atoms with E-state index in [0.717, 1.165) is 19.3 Å². The molecule has 15 heavy (non-hydrogen) atoms. The number of aliphatic hydroxyl groups excluding tert-OH is 1. The number of carbonyl (C=O) groups is 1. The maximum absolute atomic E-state index is 11.2. The fourth-order valence-corrected chi connectivity index (χ4v) is 1.40.